The molecular formula is C12H13NO4. The van der Waals surface area contributed by atoms with Crippen molar-refractivity contribution in [2.24, 2.45) is 0 Å². The number of ether oxygens (including phenoxy) is 1. The van der Waals surface area contributed by atoms with E-state index in [0.29, 0.717) is 17.7 Å². The SMILES string of the molecule is COc1ccc(NC(C)=O)cc1C(=O)CC=O. The number of aldehydes is 1. The van der Waals surface area contributed by atoms with Crippen molar-refractivity contribution >= 4 is 23.7 Å². The summed E-state index contributed by atoms with van der Waals surface area (Å²) in [7, 11) is 1.44. The second-order valence-corrected chi connectivity index (χ2v) is 3.39. The molecule has 0 spiro atoms. The van der Waals surface area contributed by atoms with E-state index in [0.717, 1.165) is 0 Å². The van der Waals surface area contributed by atoms with Crippen LogP contribution in [0.2, 0.25) is 0 Å². The van der Waals surface area contributed by atoms with Crippen molar-refractivity contribution in [3.05, 3.63) is 23.8 Å². The molecule has 5 nitrogen and oxygen atoms in total. The topological polar surface area (TPSA) is 72.5 Å². The molecule has 1 N–H and O–H groups in total. The molecular weight excluding hydrogens is 222 g/mol. The first-order valence-corrected chi connectivity index (χ1v) is 5.01. The van der Waals surface area contributed by atoms with Gasteiger partial charge in [0.1, 0.15) is 12.0 Å². The smallest absolute Gasteiger partial charge is 0.221 e. The van der Waals surface area contributed by atoms with Crippen molar-refractivity contribution in [2.75, 3.05) is 12.4 Å². The second kappa shape index (κ2) is 5.79. The van der Waals surface area contributed by atoms with Gasteiger partial charge in [0, 0.05) is 12.6 Å². The highest BCUT2D eigenvalue weighted by Crippen LogP contribution is 2.23. The van der Waals surface area contributed by atoms with Gasteiger partial charge in [-0.1, -0.05) is 0 Å². The minimum atomic E-state index is -0.343. The van der Waals surface area contributed by atoms with Crippen LogP contribution in [0.3, 0.4) is 0 Å². The van der Waals surface area contributed by atoms with Gasteiger partial charge in [-0.2, -0.15) is 0 Å². The maximum Gasteiger partial charge on any atom is 0.221 e. The molecule has 0 fully saturated rings. The van der Waals surface area contributed by atoms with Crippen LogP contribution in [-0.4, -0.2) is 25.1 Å². The zero-order valence-electron chi connectivity index (χ0n) is 9.65. The van der Waals surface area contributed by atoms with Gasteiger partial charge >= 0.3 is 0 Å². The summed E-state index contributed by atoms with van der Waals surface area (Å²) >= 11 is 0. The highest BCUT2D eigenvalue weighted by Gasteiger charge is 2.12. The Morgan fingerprint density at radius 2 is 2.12 bits per heavy atom. The average molecular weight is 235 g/mol. The lowest BCUT2D eigenvalue weighted by Crippen LogP contribution is -2.08. The summed E-state index contributed by atoms with van der Waals surface area (Å²) < 4.78 is 5.02. The molecule has 0 atom stereocenters. The number of Topliss-reactive ketones (excluding diaryl/α,β-unsaturated/α-hetero) is 1. The minimum Gasteiger partial charge on any atom is -0.496 e. The largest absolute Gasteiger partial charge is 0.496 e. The Hall–Kier alpha value is -2.17. The fourth-order valence-corrected chi connectivity index (χ4v) is 1.39. The number of carbonyl (C=O) groups excluding carboxylic acids is 3. The molecule has 0 heterocycles. The summed E-state index contributed by atoms with van der Waals surface area (Å²) in [6.45, 7) is 1.37. The Balaban J connectivity index is 3.09. The number of carbonyl (C=O) groups is 3. The molecule has 1 amide bonds. The van der Waals surface area contributed by atoms with E-state index in [9.17, 15) is 14.4 Å². The van der Waals surface area contributed by atoms with Gasteiger partial charge in [0.2, 0.25) is 5.91 Å². The lowest BCUT2D eigenvalue weighted by Gasteiger charge is -2.09. The Morgan fingerprint density at radius 3 is 2.65 bits per heavy atom. The molecule has 0 radical (unpaired) electrons. The van der Waals surface area contributed by atoms with Gasteiger partial charge < -0.3 is 14.8 Å². The molecule has 0 aliphatic heterocycles. The maximum absolute atomic E-state index is 11.6. The number of ketones is 1. The van der Waals surface area contributed by atoms with Crippen LogP contribution < -0.4 is 10.1 Å². The zero-order valence-corrected chi connectivity index (χ0v) is 9.65. The van der Waals surface area contributed by atoms with Gasteiger partial charge in [-0.05, 0) is 18.2 Å². The number of anilines is 1. The van der Waals surface area contributed by atoms with E-state index in [-0.39, 0.29) is 23.7 Å². The van der Waals surface area contributed by atoms with Crippen LogP contribution in [-0.2, 0) is 9.59 Å². The van der Waals surface area contributed by atoms with Crippen molar-refractivity contribution in [2.45, 2.75) is 13.3 Å². The van der Waals surface area contributed by atoms with E-state index in [4.69, 9.17) is 4.74 Å². The summed E-state index contributed by atoms with van der Waals surface area (Å²) in [6.07, 6.45) is 0.326. The molecule has 1 rings (SSSR count). The van der Waals surface area contributed by atoms with E-state index in [1.54, 1.807) is 12.1 Å². The third kappa shape index (κ3) is 3.41. The van der Waals surface area contributed by atoms with E-state index >= 15 is 0 Å². The normalized spacial score (nSPS) is 9.53. The quantitative estimate of drug-likeness (QED) is 0.476. The van der Waals surface area contributed by atoms with E-state index in [1.807, 2.05) is 0 Å². The number of nitrogens with one attached hydrogen (secondary N) is 1. The Kier molecular flexibility index (Phi) is 4.39. The first-order valence-electron chi connectivity index (χ1n) is 5.01. The number of hydrogen-bond acceptors (Lipinski definition) is 4. The van der Waals surface area contributed by atoms with Crippen LogP contribution in [0, 0.1) is 0 Å². The maximum atomic E-state index is 11.6. The fourth-order valence-electron chi connectivity index (χ4n) is 1.39. The predicted octanol–water partition coefficient (Wildman–Crippen LogP) is 1.43. The molecule has 1 aromatic carbocycles. The van der Waals surface area contributed by atoms with Crippen molar-refractivity contribution in [1.82, 2.24) is 0 Å². The third-order valence-electron chi connectivity index (χ3n) is 2.09. The monoisotopic (exact) mass is 235 g/mol. The van der Waals surface area contributed by atoms with E-state index < -0.39 is 0 Å². The number of hydrogen-bond donors (Lipinski definition) is 1. The number of benzene rings is 1. The van der Waals surface area contributed by atoms with Crippen molar-refractivity contribution < 1.29 is 19.1 Å². The minimum absolute atomic E-state index is 0.208. The third-order valence-corrected chi connectivity index (χ3v) is 2.09. The summed E-state index contributed by atoms with van der Waals surface area (Å²) in [5, 5.41) is 2.56. The molecule has 0 unspecified atom stereocenters. The molecule has 0 aromatic heterocycles. The Labute approximate surface area is 98.8 Å². The Bertz CT molecular complexity index is 454. The molecule has 1 aromatic rings. The van der Waals surface area contributed by atoms with Gasteiger partial charge in [0.15, 0.2) is 5.78 Å². The van der Waals surface area contributed by atoms with Crippen LogP contribution in [0.4, 0.5) is 5.69 Å². The van der Waals surface area contributed by atoms with Gasteiger partial charge in [-0.15, -0.1) is 0 Å². The molecule has 5 heteroatoms. The van der Waals surface area contributed by atoms with Crippen LogP contribution >= 0.6 is 0 Å². The van der Waals surface area contributed by atoms with Gasteiger partial charge in [0.05, 0.1) is 19.1 Å². The molecule has 0 aliphatic rings. The summed E-state index contributed by atoms with van der Waals surface area (Å²) in [5.41, 5.74) is 0.776. The molecule has 90 valence electrons. The van der Waals surface area contributed by atoms with Crippen LogP contribution in [0.25, 0.3) is 0 Å². The highest BCUT2D eigenvalue weighted by molar-refractivity contribution is 6.05. The van der Waals surface area contributed by atoms with E-state index in [1.165, 1.54) is 20.1 Å². The standard InChI is InChI=1S/C12H13NO4/c1-8(15)13-9-3-4-12(17-2)10(7-9)11(16)5-6-14/h3-4,6-7H,5H2,1-2H3,(H,13,15). The number of amides is 1. The Morgan fingerprint density at radius 1 is 1.41 bits per heavy atom. The zero-order chi connectivity index (χ0) is 12.8. The number of rotatable bonds is 5. The average Bonchev–Trinajstić information content (AvgIpc) is 2.28. The molecule has 0 aliphatic carbocycles. The number of methoxy groups -OCH3 is 1. The van der Waals surface area contributed by atoms with Gasteiger partial charge in [-0.25, -0.2) is 0 Å². The molecule has 0 saturated heterocycles. The van der Waals surface area contributed by atoms with Gasteiger partial charge in [-0.3, -0.25) is 9.59 Å². The van der Waals surface area contributed by atoms with Crippen molar-refractivity contribution in [1.29, 1.82) is 0 Å². The first kappa shape index (κ1) is 12.9. The van der Waals surface area contributed by atoms with Crippen molar-refractivity contribution in [3.63, 3.8) is 0 Å². The highest BCUT2D eigenvalue weighted by atomic mass is 16.5. The van der Waals surface area contributed by atoms with Crippen LogP contribution in [0.15, 0.2) is 18.2 Å². The first-order chi connectivity index (χ1) is 8.08. The molecule has 0 saturated carbocycles. The second-order valence-electron chi connectivity index (χ2n) is 3.39. The predicted molar refractivity (Wildman–Crippen MR) is 62.3 cm³/mol. The fraction of sp³-hybridized carbons (Fsp3) is 0.250. The van der Waals surface area contributed by atoms with Crippen LogP contribution in [0.1, 0.15) is 23.7 Å². The lowest BCUT2D eigenvalue weighted by atomic mass is 10.1. The van der Waals surface area contributed by atoms with E-state index in [2.05, 4.69) is 5.32 Å². The van der Waals surface area contributed by atoms with Gasteiger partial charge in [0.25, 0.3) is 0 Å². The summed E-state index contributed by atoms with van der Waals surface area (Å²) in [4.78, 5) is 32.8. The summed E-state index contributed by atoms with van der Waals surface area (Å²) in [5.74, 6) is -0.195. The van der Waals surface area contributed by atoms with Crippen LogP contribution in [0.5, 0.6) is 5.75 Å². The molecule has 17 heavy (non-hydrogen) atoms. The summed E-state index contributed by atoms with van der Waals surface area (Å²) in [6, 6.07) is 4.69. The molecule has 0 bridgehead atoms. The van der Waals surface area contributed by atoms with Crippen molar-refractivity contribution in [3.8, 4) is 5.75 Å². The lowest BCUT2D eigenvalue weighted by molar-refractivity contribution is -0.114.